The molecule has 1 aromatic rings. The molecule has 17 heavy (non-hydrogen) atoms. The lowest BCUT2D eigenvalue weighted by Gasteiger charge is -2.46. The smallest absolute Gasteiger partial charge is 0.257 e. The second-order valence-electron chi connectivity index (χ2n) is 4.49. The SMILES string of the molecule is CCCC1(O)CN(C(=O)c2cnccc2Cl)C1. The molecule has 5 heteroatoms. The van der Waals surface area contributed by atoms with Gasteiger partial charge in [0.1, 0.15) is 0 Å². The van der Waals surface area contributed by atoms with Crippen molar-refractivity contribution in [2.24, 2.45) is 0 Å². The van der Waals surface area contributed by atoms with Crippen LogP contribution in [0.4, 0.5) is 0 Å². The number of amides is 1. The molecule has 1 N–H and O–H groups in total. The van der Waals surface area contributed by atoms with Crippen molar-refractivity contribution in [3.8, 4) is 0 Å². The molecule has 4 nitrogen and oxygen atoms in total. The molecule has 1 saturated heterocycles. The molecule has 0 aromatic carbocycles. The largest absolute Gasteiger partial charge is 0.386 e. The van der Waals surface area contributed by atoms with Crippen molar-refractivity contribution >= 4 is 17.5 Å². The van der Waals surface area contributed by atoms with Gasteiger partial charge in [0.2, 0.25) is 0 Å². The Balaban J connectivity index is 2.03. The lowest BCUT2D eigenvalue weighted by Crippen LogP contribution is -2.63. The predicted octanol–water partition coefficient (Wildman–Crippen LogP) is 1.72. The Morgan fingerprint density at radius 3 is 2.94 bits per heavy atom. The van der Waals surface area contributed by atoms with Crippen molar-refractivity contribution in [1.29, 1.82) is 0 Å². The molecular formula is C12H15ClN2O2. The molecule has 0 aliphatic carbocycles. The first-order chi connectivity index (χ1) is 8.06. The monoisotopic (exact) mass is 254 g/mol. The molecule has 1 aliphatic heterocycles. The highest BCUT2D eigenvalue weighted by Crippen LogP contribution is 2.28. The third-order valence-electron chi connectivity index (χ3n) is 2.97. The Labute approximate surface area is 105 Å². The predicted molar refractivity (Wildman–Crippen MR) is 65.0 cm³/mol. The van der Waals surface area contributed by atoms with Crippen molar-refractivity contribution in [3.05, 3.63) is 29.0 Å². The lowest BCUT2D eigenvalue weighted by molar-refractivity contribution is -0.0860. The van der Waals surface area contributed by atoms with Crippen LogP contribution in [0.25, 0.3) is 0 Å². The van der Waals surface area contributed by atoms with Crippen LogP contribution >= 0.6 is 11.6 Å². The molecule has 1 aromatic heterocycles. The van der Waals surface area contributed by atoms with Gasteiger partial charge in [0, 0.05) is 12.4 Å². The van der Waals surface area contributed by atoms with Crippen molar-refractivity contribution < 1.29 is 9.90 Å². The van der Waals surface area contributed by atoms with E-state index in [1.165, 1.54) is 6.20 Å². The summed E-state index contributed by atoms with van der Waals surface area (Å²) in [7, 11) is 0. The third kappa shape index (κ3) is 2.42. The van der Waals surface area contributed by atoms with Gasteiger partial charge in [0.15, 0.2) is 0 Å². The number of β-amino-alcohol motifs (C(OH)–C–C–N with tert-alkyl or cyclic N) is 1. The van der Waals surface area contributed by atoms with Crippen LogP contribution in [0.15, 0.2) is 18.5 Å². The molecule has 92 valence electrons. The van der Waals surface area contributed by atoms with E-state index in [2.05, 4.69) is 4.98 Å². The highest BCUT2D eigenvalue weighted by Gasteiger charge is 2.43. The lowest BCUT2D eigenvalue weighted by atomic mass is 9.89. The van der Waals surface area contributed by atoms with Gasteiger partial charge in [0.25, 0.3) is 5.91 Å². The fraction of sp³-hybridized carbons (Fsp3) is 0.500. The average Bonchev–Trinajstić information content (AvgIpc) is 2.26. The van der Waals surface area contributed by atoms with E-state index in [1.807, 2.05) is 6.92 Å². The van der Waals surface area contributed by atoms with Crippen LogP contribution in [-0.2, 0) is 0 Å². The molecule has 1 amide bonds. The second-order valence-corrected chi connectivity index (χ2v) is 4.90. The zero-order chi connectivity index (χ0) is 12.5. The van der Waals surface area contributed by atoms with Gasteiger partial charge in [-0.3, -0.25) is 9.78 Å². The second kappa shape index (κ2) is 4.63. The Bertz CT molecular complexity index is 430. The number of likely N-dealkylation sites (tertiary alicyclic amines) is 1. The summed E-state index contributed by atoms with van der Waals surface area (Å²) < 4.78 is 0. The van der Waals surface area contributed by atoms with Gasteiger partial charge < -0.3 is 10.0 Å². The van der Waals surface area contributed by atoms with Gasteiger partial charge in [-0.1, -0.05) is 24.9 Å². The van der Waals surface area contributed by atoms with Gasteiger partial charge in [-0.05, 0) is 12.5 Å². The van der Waals surface area contributed by atoms with E-state index in [1.54, 1.807) is 17.2 Å². The summed E-state index contributed by atoms with van der Waals surface area (Å²) >= 11 is 5.93. The van der Waals surface area contributed by atoms with Gasteiger partial charge in [-0.15, -0.1) is 0 Å². The van der Waals surface area contributed by atoms with Gasteiger partial charge >= 0.3 is 0 Å². The molecule has 0 spiro atoms. The highest BCUT2D eigenvalue weighted by atomic mass is 35.5. The van der Waals surface area contributed by atoms with Crippen LogP contribution in [0, 0.1) is 0 Å². The number of hydrogen-bond acceptors (Lipinski definition) is 3. The number of carbonyl (C=O) groups excluding carboxylic acids is 1. The van der Waals surface area contributed by atoms with Gasteiger partial charge in [0.05, 0.1) is 29.3 Å². The molecule has 1 aliphatic rings. The molecule has 2 heterocycles. The maximum atomic E-state index is 12.0. The maximum Gasteiger partial charge on any atom is 0.257 e. The molecule has 0 saturated carbocycles. The van der Waals surface area contributed by atoms with E-state index in [0.717, 1.165) is 12.8 Å². The van der Waals surface area contributed by atoms with Gasteiger partial charge in [-0.25, -0.2) is 0 Å². The molecule has 2 rings (SSSR count). The maximum absolute atomic E-state index is 12.0. The Morgan fingerprint density at radius 2 is 2.35 bits per heavy atom. The molecule has 0 bridgehead atoms. The van der Waals surface area contributed by atoms with Crippen molar-refractivity contribution in [3.63, 3.8) is 0 Å². The number of halogens is 1. The van der Waals surface area contributed by atoms with E-state index in [0.29, 0.717) is 23.7 Å². The minimum Gasteiger partial charge on any atom is -0.386 e. The Morgan fingerprint density at radius 1 is 1.65 bits per heavy atom. The number of nitrogens with zero attached hydrogens (tertiary/aromatic N) is 2. The Kier molecular flexibility index (Phi) is 3.35. The van der Waals surface area contributed by atoms with Crippen LogP contribution in [0.2, 0.25) is 5.02 Å². The first-order valence-corrected chi connectivity index (χ1v) is 6.05. The minimum atomic E-state index is -0.709. The first kappa shape index (κ1) is 12.3. The Hall–Kier alpha value is -1.13. The molecule has 0 atom stereocenters. The quantitative estimate of drug-likeness (QED) is 0.894. The third-order valence-corrected chi connectivity index (χ3v) is 3.30. The van der Waals surface area contributed by atoms with Crippen LogP contribution in [0.3, 0.4) is 0 Å². The zero-order valence-electron chi connectivity index (χ0n) is 9.69. The van der Waals surface area contributed by atoms with E-state index >= 15 is 0 Å². The normalized spacial score (nSPS) is 17.7. The fourth-order valence-corrected chi connectivity index (χ4v) is 2.32. The molecule has 1 fully saturated rings. The summed E-state index contributed by atoms with van der Waals surface area (Å²) in [5.74, 6) is -0.163. The number of aliphatic hydroxyl groups is 1. The van der Waals surface area contributed by atoms with E-state index in [4.69, 9.17) is 11.6 Å². The van der Waals surface area contributed by atoms with E-state index in [-0.39, 0.29) is 5.91 Å². The number of hydrogen-bond donors (Lipinski definition) is 1. The van der Waals surface area contributed by atoms with Crippen LogP contribution in [0.1, 0.15) is 30.1 Å². The zero-order valence-corrected chi connectivity index (χ0v) is 10.4. The van der Waals surface area contributed by atoms with Crippen molar-refractivity contribution in [1.82, 2.24) is 9.88 Å². The number of aromatic nitrogens is 1. The summed E-state index contributed by atoms with van der Waals surface area (Å²) in [6.45, 7) is 2.77. The van der Waals surface area contributed by atoms with Crippen molar-refractivity contribution in [2.75, 3.05) is 13.1 Å². The van der Waals surface area contributed by atoms with Crippen LogP contribution in [0.5, 0.6) is 0 Å². The standard InChI is InChI=1S/C12H15ClN2O2/c1-2-4-12(17)7-15(8-12)11(16)9-6-14-5-3-10(9)13/h3,5-6,17H,2,4,7-8H2,1H3. The molecular weight excluding hydrogens is 240 g/mol. The fourth-order valence-electron chi connectivity index (χ4n) is 2.14. The first-order valence-electron chi connectivity index (χ1n) is 5.67. The number of pyridine rings is 1. The number of rotatable bonds is 3. The average molecular weight is 255 g/mol. The van der Waals surface area contributed by atoms with E-state index < -0.39 is 5.60 Å². The molecule has 0 unspecified atom stereocenters. The summed E-state index contributed by atoms with van der Waals surface area (Å²) in [5.41, 5.74) is -0.313. The topological polar surface area (TPSA) is 53.4 Å². The summed E-state index contributed by atoms with van der Waals surface area (Å²) in [5, 5.41) is 10.4. The molecule has 0 radical (unpaired) electrons. The minimum absolute atomic E-state index is 0.163. The van der Waals surface area contributed by atoms with Crippen molar-refractivity contribution in [2.45, 2.75) is 25.4 Å². The summed E-state index contributed by atoms with van der Waals surface area (Å²) in [6.07, 6.45) is 4.63. The van der Waals surface area contributed by atoms with Gasteiger partial charge in [-0.2, -0.15) is 0 Å². The van der Waals surface area contributed by atoms with Crippen LogP contribution in [-0.4, -0.2) is 39.6 Å². The number of carbonyl (C=O) groups is 1. The van der Waals surface area contributed by atoms with E-state index in [9.17, 15) is 9.90 Å². The van der Waals surface area contributed by atoms with Crippen LogP contribution < -0.4 is 0 Å². The highest BCUT2D eigenvalue weighted by molar-refractivity contribution is 6.33. The summed E-state index contributed by atoms with van der Waals surface area (Å²) in [6, 6.07) is 1.59. The summed E-state index contributed by atoms with van der Waals surface area (Å²) in [4.78, 5) is 17.5.